The summed E-state index contributed by atoms with van der Waals surface area (Å²) in [5, 5.41) is 9.40. The molecule has 2 heterocycles. The Hall–Kier alpha value is -2.37. The van der Waals surface area contributed by atoms with Gasteiger partial charge in [0, 0.05) is 30.2 Å². The second-order valence-electron chi connectivity index (χ2n) is 8.89. The minimum Gasteiger partial charge on any atom is -0.481 e. The molecule has 0 aromatic heterocycles. The summed E-state index contributed by atoms with van der Waals surface area (Å²) in [7, 11) is 0. The maximum atomic E-state index is 13.6. The molecule has 4 rings (SSSR count). The molecule has 5 unspecified atom stereocenters. The molecule has 3 aliphatic rings. The number of amides is 2. The van der Waals surface area contributed by atoms with Crippen molar-refractivity contribution >= 4 is 23.5 Å². The molecule has 1 saturated heterocycles. The number of anilines is 1. The van der Waals surface area contributed by atoms with Crippen LogP contribution in [0.3, 0.4) is 0 Å². The fourth-order valence-corrected chi connectivity index (χ4v) is 5.60. The Morgan fingerprint density at radius 2 is 1.59 bits per heavy atom. The van der Waals surface area contributed by atoms with Crippen molar-refractivity contribution < 1.29 is 19.5 Å². The first-order valence-electron chi connectivity index (χ1n) is 10.8. The summed E-state index contributed by atoms with van der Waals surface area (Å²) in [5.74, 6) is -1.98. The number of carboxylic acids is 1. The van der Waals surface area contributed by atoms with Crippen molar-refractivity contribution in [1.29, 1.82) is 0 Å². The minimum atomic E-state index is -0.841. The molecule has 0 spiro atoms. The summed E-state index contributed by atoms with van der Waals surface area (Å²) in [6.45, 7) is 4.36. The molecule has 1 saturated carbocycles. The maximum Gasteiger partial charge on any atom is 0.308 e. The predicted molar refractivity (Wildman–Crippen MR) is 109 cm³/mol. The summed E-state index contributed by atoms with van der Waals surface area (Å²) in [6.07, 6.45) is 4.67. The molecule has 29 heavy (non-hydrogen) atoms. The van der Waals surface area contributed by atoms with E-state index in [1.165, 1.54) is 5.56 Å². The number of benzene rings is 1. The standard InChI is InChI=1S/C23H30N2O4/c1-14-13-16-7-3-6-10-20(16)25(14)22(27)19-9-5-4-8-18(19)21(26)24-12-11-17(15(24)2)23(28)29/h3,6-7,10,14-15,17-19H,4-5,8-9,11-13H2,1-2H3,(H,28,29). The van der Waals surface area contributed by atoms with Gasteiger partial charge in [-0.25, -0.2) is 0 Å². The van der Waals surface area contributed by atoms with Gasteiger partial charge in [0.05, 0.1) is 11.8 Å². The van der Waals surface area contributed by atoms with Crippen LogP contribution in [0.1, 0.15) is 51.5 Å². The highest BCUT2D eigenvalue weighted by atomic mass is 16.4. The van der Waals surface area contributed by atoms with E-state index < -0.39 is 11.9 Å². The summed E-state index contributed by atoms with van der Waals surface area (Å²) in [4.78, 5) is 42.1. The number of carbonyl (C=O) groups excluding carboxylic acids is 2. The number of carboxylic acid groups (broad SMARTS) is 1. The normalized spacial score (nSPS) is 31.6. The van der Waals surface area contributed by atoms with Crippen molar-refractivity contribution in [3.05, 3.63) is 29.8 Å². The molecular formula is C23H30N2O4. The third-order valence-corrected chi connectivity index (χ3v) is 7.20. The zero-order valence-corrected chi connectivity index (χ0v) is 17.2. The lowest BCUT2D eigenvalue weighted by molar-refractivity contribution is -0.146. The van der Waals surface area contributed by atoms with Gasteiger partial charge in [0.2, 0.25) is 11.8 Å². The van der Waals surface area contributed by atoms with Gasteiger partial charge in [-0.05, 0) is 51.2 Å². The lowest BCUT2D eigenvalue weighted by atomic mass is 9.77. The highest BCUT2D eigenvalue weighted by Gasteiger charge is 2.46. The van der Waals surface area contributed by atoms with E-state index in [-0.39, 0.29) is 35.7 Å². The van der Waals surface area contributed by atoms with Crippen LogP contribution in [0.5, 0.6) is 0 Å². The Morgan fingerprint density at radius 1 is 0.931 bits per heavy atom. The fraction of sp³-hybridized carbons (Fsp3) is 0.609. The van der Waals surface area contributed by atoms with Crippen LogP contribution in [0.15, 0.2) is 24.3 Å². The Morgan fingerprint density at radius 3 is 2.24 bits per heavy atom. The first-order chi connectivity index (χ1) is 13.9. The van der Waals surface area contributed by atoms with Gasteiger partial charge in [0.1, 0.15) is 0 Å². The first kappa shape index (κ1) is 19.9. The van der Waals surface area contributed by atoms with E-state index in [0.717, 1.165) is 31.4 Å². The average Bonchev–Trinajstić information content (AvgIpc) is 3.26. The Kier molecular flexibility index (Phi) is 5.36. The van der Waals surface area contributed by atoms with Gasteiger partial charge in [-0.15, -0.1) is 0 Å². The van der Waals surface area contributed by atoms with Gasteiger partial charge in [-0.1, -0.05) is 31.0 Å². The van der Waals surface area contributed by atoms with Crippen LogP contribution >= 0.6 is 0 Å². The second-order valence-corrected chi connectivity index (χ2v) is 8.89. The van der Waals surface area contributed by atoms with E-state index in [0.29, 0.717) is 19.4 Å². The molecule has 0 radical (unpaired) electrons. The van der Waals surface area contributed by atoms with Gasteiger partial charge >= 0.3 is 5.97 Å². The predicted octanol–water partition coefficient (Wildman–Crippen LogP) is 3.09. The summed E-state index contributed by atoms with van der Waals surface area (Å²) in [6, 6.07) is 7.80. The van der Waals surface area contributed by atoms with Crippen molar-refractivity contribution in [2.45, 2.75) is 64.5 Å². The van der Waals surface area contributed by atoms with Crippen LogP contribution in [0.2, 0.25) is 0 Å². The zero-order valence-electron chi connectivity index (χ0n) is 17.2. The second kappa shape index (κ2) is 7.81. The van der Waals surface area contributed by atoms with Crippen LogP contribution in [-0.2, 0) is 20.8 Å². The maximum absolute atomic E-state index is 13.6. The number of carbonyl (C=O) groups is 3. The van der Waals surface area contributed by atoms with Gasteiger partial charge in [-0.3, -0.25) is 14.4 Å². The van der Waals surface area contributed by atoms with E-state index in [1.54, 1.807) is 4.90 Å². The number of hydrogen-bond donors (Lipinski definition) is 1. The number of rotatable bonds is 3. The van der Waals surface area contributed by atoms with Crippen LogP contribution in [0.25, 0.3) is 0 Å². The molecule has 1 N–H and O–H groups in total. The highest BCUT2D eigenvalue weighted by molar-refractivity contribution is 6.00. The zero-order chi connectivity index (χ0) is 20.7. The Balaban J connectivity index is 1.56. The minimum absolute atomic E-state index is 0.0283. The van der Waals surface area contributed by atoms with Crippen LogP contribution in [0.4, 0.5) is 5.69 Å². The van der Waals surface area contributed by atoms with Gasteiger partial charge < -0.3 is 14.9 Å². The van der Waals surface area contributed by atoms with Crippen molar-refractivity contribution in [3.63, 3.8) is 0 Å². The number of para-hydroxylation sites is 1. The Bertz CT molecular complexity index is 823. The van der Waals surface area contributed by atoms with E-state index >= 15 is 0 Å². The molecule has 5 atom stereocenters. The fourth-order valence-electron chi connectivity index (χ4n) is 5.60. The molecule has 6 heteroatoms. The van der Waals surface area contributed by atoms with Crippen molar-refractivity contribution in [2.75, 3.05) is 11.4 Å². The van der Waals surface area contributed by atoms with Crippen molar-refractivity contribution in [3.8, 4) is 0 Å². The quantitative estimate of drug-likeness (QED) is 0.849. The third kappa shape index (κ3) is 3.43. The van der Waals surface area contributed by atoms with Crippen LogP contribution in [-0.4, -0.2) is 46.4 Å². The largest absolute Gasteiger partial charge is 0.481 e. The topological polar surface area (TPSA) is 77.9 Å². The van der Waals surface area contributed by atoms with E-state index in [4.69, 9.17) is 0 Å². The molecule has 156 valence electrons. The number of aliphatic carboxylic acids is 1. The number of nitrogens with zero attached hydrogens (tertiary/aromatic N) is 2. The SMILES string of the molecule is CC1C(C(=O)O)CCN1C(=O)C1CCCCC1C(=O)N1c2ccccc2CC1C. The van der Waals surface area contributed by atoms with E-state index in [9.17, 15) is 19.5 Å². The monoisotopic (exact) mass is 398 g/mol. The summed E-state index contributed by atoms with van der Waals surface area (Å²) >= 11 is 0. The van der Waals surface area contributed by atoms with E-state index in [1.807, 2.05) is 30.0 Å². The smallest absolute Gasteiger partial charge is 0.308 e. The Labute approximate surface area is 171 Å². The van der Waals surface area contributed by atoms with Crippen LogP contribution in [0, 0.1) is 17.8 Å². The van der Waals surface area contributed by atoms with Crippen molar-refractivity contribution in [1.82, 2.24) is 4.90 Å². The van der Waals surface area contributed by atoms with Gasteiger partial charge in [0.15, 0.2) is 0 Å². The molecule has 1 aliphatic carbocycles. The summed E-state index contributed by atoms with van der Waals surface area (Å²) in [5.41, 5.74) is 2.16. The summed E-state index contributed by atoms with van der Waals surface area (Å²) < 4.78 is 0. The molecule has 0 bridgehead atoms. The molecule has 6 nitrogen and oxygen atoms in total. The van der Waals surface area contributed by atoms with Gasteiger partial charge in [-0.2, -0.15) is 0 Å². The first-order valence-corrected chi connectivity index (χ1v) is 10.8. The van der Waals surface area contributed by atoms with Gasteiger partial charge in [0.25, 0.3) is 0 Å². The average molecular weight is 399 g/mol. The highest BCUT2D eigenvalue weighted by Crippen LogP contribution is 2.39. The molecular weight excluding hydrogens is 368 g/mol. The lowest BCUT2D eigenvalue weighted by Crippen LogP contribution is -2.49. The van der Waals surface area contributed by atoms with E-state index in [2.05, 4.69) is 13.0 Å². The molecule has 2 amide bonds. The number of hydrogen-bond acceptors (Lipinski definition) is 3. The lowest BCUT2D eigenvalue weighted by Gasteiger charge is -2.37. The third-order valence-electron chi connectivity index (χ3n) is 7.20. The molecule has 1 aromatic rings. The van der Waals surface area contributed by atoms with Crippen molar-refractivity contribution in [2.24, 2.45) is 17.8 Å². The molecule has 2 fully saturated rings. The van der Waals surface area contributed by atoms with Crippen LogP contribution < -0.4 is 4.90 Å². The molecule has 2 aliphatic heterocycles. The number of fused-ring (bicyclic) bond motifs is 1. The number of likely N-dealkylation sites (tertiary alicyclic amines) is 1. The molecule has 1 aromatic carbocycles.